The van der Waals surface area contributed by atoms with Crippen molar-refractivity contribution in [1.82, 2.24) is 20.4 Å². The van der Waals surface area contributed by atoms with E-state index in [0.717, 1.165) is 53.9 Å². The van der Waals surface area contributed by atoms with Gasteiger partial charge in [0, 0.05) is 68.4 Å². The number of aliphatic imine (C=N–C) groups is 1. The molecule has 2 aromatic carbocycles. The third-order valence-electron chi connectivity index (χ3n) is 5.57. The van der Waals surface area contributed by atoms with Gasteiger partial charge in [0.05, 0.1) is 26.1 Å². The highest BCUT2D eigenvalue weighted by molar-refractivity contribution is 5.80. The minimum atomic E-state index is 0.297. The van der Waals surface area contributed by atoms with Crippen LogP contribution in [-0.4, -0.2) is 56.1 Å². The summed E-state index contributed by atoms with van der Waals surface area (Å²) in [4.78, 5) is 6.73. The lowest BCUT2D eigenvalue weighted by Gasteiger charge is -2.21. The Labute approximate surface area is 188 Å². The molecule has 0 radical (unpaired) electrons. The maximum atomic E-state index is 5.41. The van der Waals surface area contributed by atoms with Crippen molar-refractivity contribution < 1.29 is 9.47 Å². The summed E-state index contributed by atoms with van der Waals surface area (Å²) in [6.45, 7) is 2.48. The summed E-state index contributed by atoms with van der Waals surface area (Å²) in [5.74, 6) is 2.38. The summed E-state index contributed by atoms with van der Waals surface area (Å²) in [5, 5.41) is 11.4. The second-order valence-corrected chi connectivity index (χ2v) is 7.70. The summed E-state index contributed by atoms with van der Waals surface area (Å²) in [7, 11) is 5.14. The van der Waals surface area contributed by atoms with E-state index >= 15 is 0 Å². The van der Waals surface area contributed by atoms with Crippen LogP contribution in [0.3, 0.4) is 0 Å². The number of anilines is 1. The minimum Gasteiger partial charge on any atom is -0.497 e. The lowest BCUT2D eigenvalue weighted by molar-refractivity contribution is 0.394. The summed E-state index contributed by atoms with van der Waals surface area (Å²) in [5.41, 5.74) is 3.23. The Balaban J connectivity index is 1.32. The lowest BCUT2D eigenvalue weighted by Crippen LogP contribution is -2.44. The Kier molecular flexibility index (Phi) is 6.79. The summed E-state index contributed by atoms with van der Waals surface area (Å²) in [6, 6.07) is 16.4. The van der Waals surface area contributed by atoms with Crippen molar-refractivity contribution in [3.63, 3.8) is 0 Å². The van der Waals surface area contributed by atoms with Crippen molar-refractivity contribution in [2.45, 2.75) is 19.0 Å². The van der Waals surface area contributed by atoms with Gasteiger partial charge in [0.2, 0.25) is 0 Å². The molecule has 0 amide bonds. The molecule has 1 saturated heterocycles. The number of guanidine groups is 1. The third kappa shape index (κ3) is 5.14. The molecule has 2 heterocycles. The van der Waals surface area contributed by atoms with E-state index in [-0.39, 0.29) is 0 Å². The number of nitrogens with one attached hydrogen (secondary N) is 2. The van der Waals surface area contributed by atoms with Crippen LogP contribution in [0.2, 0.25) is 0 Å². The van der Waals surface area contributed by atoms with Crippen LogP contribution < -0.4 is 25.0 Å². The number of aromatic nitrogens is 2. The van der Waals surface area contributed by atoms with E-state index in [9.17, 15) is 0 Å². The number of ether oxygens (including phenoxy) is 2. The van der Waals surface area contributed by atoms with Crippen LogP contribution >= 0.6 is 0 Å². The van der Waals surface area contributed by atoms with E-state index < -0.39 is 0 Å². The van der Waals surface area contributed by atoms with E-state index in [4.69, 9.17) is 9.47 Å². The molecule has 1 atom stereocenters. The Bertz CT molecular complexity index is 1030. The number of nitrogens with zero attached hydrogens (tertiary/aromatic N) is 4. The van der Waals surface area contributed by atoms with Crippen molar-refractivity contribution in [2.75, 3.05) is 39.3 Å². The van der Waals surface area contributed by atoms with Gasteiger partial charge in [-0.05, 0) is 18.6 Å². The van der Waals surface area contributed by atoms with Gasteiger partial charge in [0.1, 0.15) is 11.5 Å². The summed E-state index contributed by atoms with van der Waals surface area (Å²) >= 11 is 0. The Morgan fingerprint density at radius 3 is 2.53 bits per heavy atom. The quantitative estimate of drug-likeness (QED) is 0.440. The van der Waals surface area contributed by atoms with Crippen LogP contribution in [0.4, 0.5) is 5.69 Å². The van der Waals surface area contributed by atoms with E-state index in [0.29, 0.717) is 12.6 Å². The largest absolute Gasteiger partial charge is 0.497 e. The van der Waals surface area contributed by atoms with E-state index in [1.54, 1.807) is 21.3 Å². The average Bonchev–Trinajstić information content (AvgIpc) is 3.52. The van der Waals surface area contributed by atoms with Gasteiger partial charge < -0.3 is 25.0 Å². The van der Waals surface area contributed by atoms with Crippen molar-refractivity contribution in [2.24, 2.45) is 4.99 Å². The molecule has 1 aromatic heterocycles. The number of rotatable bonds is 7. The zero-order chi connectivity index (χ0) is 22.3. The number of para-hydroxylation sites is 1. The fourth-order valence-corrected chi connectivity index (χ4v) is 3.83. The van der Waals surface area contributed by atoms with Crippen molar-refractivity contribution >= 4 is 11.6 Å². The molecule has 0 spiro atoms. The molecule has 8 heteroatoms. The topological polar surface area (TPSA) is 75.9 Å². The van der Waals surface area contributed by atoms with Crippen LogP contribution in [0.1, 0.15) is 12.0 Å². The van der Waals surface area contributed by atoms with Crippen molar-refractivity contribution in [1.29, 1.82) is 0 Å². The van der Waals surface area contributed by atoms with E-state index in [2.05, 4.69) is 25.6 Å². The first kappa shape index (κ1) is 21.5. The van der Waals surface area contributed by atoms with Crippen LogP contribution in [0.25, 0.3) is 5.69 Å². The van der Waals surface area contributed by atoms with E-state index in [1.807, 2.05) is 65.6 Å². The Morgan fingerprint density at radius 2 is 1.84 bits per heavy atom. The summed E-state index contributed by atoms with van der Waals surface area (Å²) in [6.07, 6.45) is 4.93. The zero-order valence-corrected chi connectivity index (χ0v) is 18.8. The molecule has 2 N–H and O–H groups in total. The zero-order valence-electron chi connectivity index (χ0n) is 18.8. The molecule has 1 fully saturated rings. The normalized spacial score (nSPS) is 16.2. The van der Waals surface area contributed by atoms with Gasteiger partial charge in [-0.15, -0.1) is 0 Å². The molecule has 168 valence electrons. The number of hydrogen-bond acceptors (Lipinski definition) is 5. The average molecular weight is 435 g/mol. The second-order valence-electron chi connectivity index (χ2n) is 7.70. The van der Waals surface area contributed by atoms with Gasteiger partial charge in [0.25, 0.3) is 0 Å². The van der Waals surface area contributed by atoms with Crippen molar-refractivity contribution in [3.8, 4) is 17.2 Å². The molecule has 1 unspecified atom stereocenters. The van der Waals surface area contributed by atoms with Gasteiger partial charge in [-0.1, -0.05) is 18.2 Å². The molecule has 0 bridgehead atoms. The molecular formula is C24H30N6O2. The van der Waals surface area contributed by atoms with Gasteiger partial charge in [-0.3, -0.25) is 4.99 Å². The highest BCUT2D eigenvalue weighted by atomic mass is 16.5. The first-order chi connectivity index (χ1) is 15.7. The maximum absolute atomic E-state index is 5.41. The third-order valence-corrected chi connectivity index (χ3v) is 5.57. The number of benzene rings is 2. The van der Waals surface area contributed by atoms with Gasteiger partial charge in [-0.2, -0.15) is 5.10 Å². The molecule has 32 heavy (non-hydrogen) atoms. The molecule has 1 aliphatic heterocycles. The lowest BCUT2D eigenvalue weighted by atomic mass is 10.2. The standard InChI is InChI=1S/C24H30N6O2/c1-25-24(26-14-18-15-27-30(16-18)20-7-5-4-6-8-20)28-19-9-10-29(17-19)21-11-22(31-2)13-23(12-21)32-3/h4-8,11-13,15-16,19H,9-10,14,17H2,1-3H3,(H2,25,26,28). The minimum absolute atomic E-state index is 0.297. The molecule has 3 aromatic rings. The predicted octanol–water partition coefficient (Wildman–Crippen LogP) is 2.83. The first-order valence-electron chi connectivity index (χ1n) is 10.7. The molecular weight excluding hydrogens is 404 g/mol. The number of methoxy groups -OCH3 is 2. The Morgan fingerprint density at radius 1 is 1.09 bits per heavy atom. The predicted molar refractivity (Wildman–Crippen MR) is 127 cm³/mol. The highest BCUT2D eigenvalue weighted by Crippen LogP contribution is 2.30. The second kappa shape index (κ2) is 10.1. The molecule has 0 saturated carbocycles. The highest BCUT2D eigenvalue weighted by Gasteiger charge is 2.24. The maximum Gasteiger partial charge on any atom is 0.191 e. The van der Waals surface area contributed by atoms with Gasteiger partial charge in [-0.25, -0.2) is 4.68 Å². The fourth-order valence-electron chi connectivity index (χ4n) is 3.83. The van der Waals surface area contributed by atoms with Crippen LogP contribution in [0.15, 0.2) is 65.9 Å². The van der Waals surface area contributed by atoms with Crippen LogP contribution in [0.5, 0.6) is 11.5 Å². The fraction of sp³-hybridized carbons (Fsp3) is 0.333. The number of hydrogen-bond donors (Lipinski definition) is 2. The van der Waals surface area contributed by atoms with Crippen LogP contribution in [0, 0.1) is 0 Å². The molecule has 8 nitrogen and oxygen atoms in total. The van der Waals surface area contributed by atoms with Crippen LogP contribution in [-0.2, 0) is 6.54 Å². The molecule has 0 aliphatic carbocycles. The summed E-state index contributed by atoms with van der Waals surface area (Å²) < 4.78 is 12.7. The first-order valence-corrected chi connectivity index (χ1v) is 10.7. The van der Waals surface area contributed by atoms with Gasteiger partial charge in [0.15, 0.2) is 5.96 Å². The monoisotopic (exact) mass is 434 g/mol. The smallest absolute Gasteiger partial charge is 0.191 e. The van der Waals surface area contributed by atoms with Crippen molar-refractivity contribution in [3.05, 3.63) is 66.5 Å². The molecule has 4 rings (SSSR count). The van der Waals surface area contributed by atoms with E-state index in [1.165, 1.54) is 0 Å². The Hall–Kier alpha value is -3.68. The van der Waals surface area contributed by atoms with Gasteiger partial charge >= 0.3 is 0 Å². The SMILES string of the molecule is CN=C(NCc1cnn(-c2ccccc2)c1)NC1CCN(c2cc(OC)cc(OC)c2)C1. The molecule has 1 aliphatic rings.